The Balaban J connectivity index is 1.39. The molecule has 0 saturated heterocycles. The fourth-order valence-electron chi connectivity index (χ4n) is 4.08. The summed E-state index contributed by atoms with van der Waals surface area (Å²) in [4.78, 5) is 30.6. The molecule has 166 valence electrons. The van der Waals surface area contributed by atoms with E-state index in [0.29, 0.717) is 12.0 Å². The molecule has 2 amide bonds. The lowest BCUT2D eigenvalue weighted by molar-refractivity contribution is -0.123. The summed E-state index contributed by atoms with van der Waals surface area (Å²) in [5, 5.41) is 5.97. The first-order chi connectivity index (χ1) is 16.1. The smallest absolute Gasteiger partial charge is 0.252 e. The first-order valence-electron chi connectivity index (χ1n) is 11.3. The summed E-state index contributed by atoms with van der Waals surface area (Å²) in [6.07, 6.45) is 2.44. The van der Waals surface area contributed by atoms with Crippen LogP contribution in [0.2, 0.25) is 0 Å². The number of hydrogen-bond acceptors (Lipinski definition) is 3. The Bertz CT molecular complexity index is 1290. The summed E-state index contributed by atoms with van der Waals surface area (Å²) >= 11 is 0. The Labute approximate surface area is 192 Å². The van der Waals surface area contributed by atoms with Crippen molar-refractivity contribution in [3.05, 3.63) is 95.8 Å². The SMILES string of the molecule is Cc1nc2cc(C(=O)NC(Cc3ccccc3)C(=O)NC3CC3)ccc2n1-c1ccccc1. The summed E-state index contributed by atoms with van der Waals surface area (Å²) in [6.45, 7) is 1.95. The minimum atomic E-state index is -0.639. The molecule has 33 heavy (non-hydrogen) atoms. The van der Waals surface area contributed by atoms with Crippen LogP contribution in [0.3, 0.4) is 0 Å². The summed E-state index contributed by atoms with van der Waals surface area (Å²) in [5.74, 6) is 0.426. The lowest BCUT2D eigenvalue weighted by Gasteiger charge is -2.19. The Morgan fingerprint density at radius 2 is 1.70 bits per heavy atom. The second-order valence-corrected chi connectivity index (χ2v) is 8.53. The van der Waals surface area contributed by atoms with Crippen molar-refractivity contribution in [2.45, 2.75) is 38.3 Å². The van der Waals surface area contributed by atoms with Gasteiger partial charge < -0.3 is 10.6 Å². The molecule has 1 heterocycles. The van der Waals surface area contributed by atoms with E-state index in [1.165, 1.54) is 0 Å². The van der Waals surface area contributed by atoms with E-state index in [9.17, 15) is 9.59 Å². The first-order valence-corrected chi connectivity index (χ1v) is 11.3. The number of rotatable bonds is 7. The van der Waals surface area contributed by atoms with Crippen LogP contribution >= 0.6 is 0 Å². The van der Waals surface area contributed by atoms with Crippen molar-refractivity contribution in [1.29, 1.82) is 0 Å². The Morgan fingerprint density at radius 3 is 2.39 bits per heavy atom. The number of imidazole rings is 1. The van der Waals surface area contributed by atoms with Crippen LogP contribution in [0, 0.1) is 6.92 Å². The molecular formula is C27H26N4O2. The molecule has 1 atom stereocenters. The molecule has 4 aromatic rings. The molecule has 3 aromatic carbocycles. The largest absolute Gasteiger partial charge is 0.352 e. The minimum Gasteiger partial charge on any atom is -0.352 e. The first kappa shape index (κ1) is 20.9. The van der Waals surface area contributed by atoms with Gasteiger partial charge in [0.2, 0.25) is 5.91 Å². The lowest BCUT2D eigenvalue weighted by Crippen LogP contribution is -2.48. The van der Waals surface area contributed by atoms with Crippen LogP contribution in [0.1, 0.15) is 34.6 Å². The summed E-state index contributed by atoms with van der Waals surface area (Å²) in [5.41, 5.74) is 4.18. The second kappa shape index (κ2) is 8.90. The summed E-state index contributed by atoms with van der Waals surface area (Å²) in [7, 11) is 0. The maximum atomic E-state index is 13.1. The third kappa shape index (κ3) is 4.65. The normalized spacial score (nSPS) is 14.1. The number of aryl methyl sites for hydroxylation is 1. The van der Waals surface area contributed by atoms with E-state index in [-0.39, 0.29) is 17.9 Å². The predicted octanol–water partition coefficient (Wildman–Crippen LogP) is 3.95. The van der Waals surface area contributed by atoms with Crippen molar-refractivity contribution in [3.63, 3.8) is 0 Å². The van der Waals surface area contributed by atoms with Crippen molar-refractivity contribution in [1.82, 2.24) is 20.2 Å². The zero-order chi connectivity index (χ0) is 22.8. The van der Waals surface area contributed by atoms with Crippen LogP contribution < -0.4 is 10.6 Å². The van der Waals surface area contributed by atoms with Crippen LogP contribution in [0.25, 0.3) is 16.7 Å². The van der Waals surface area contributed by atoms with Gasteiger partial charge in [0.15, 0.2) is 0 Å². The van der Waals surface area contributed by atoms with E-state index in [1.54, 1.807) is 12.1 Å². The standard InChI is InChI=1S/C27H26N4O2/c1-18-28-23-17-20(12-15-25(23)31(18)22-10-6-3-7-11-22)26(32)30-24(27(33)29-21-13-14-21)16-19-8-4-2-5-9-19/h2-12,15,17,21,24H,13-14,16H2,1H3,(H,29,33)(H,30,32). The molecule has 0 aliphatic heterocycles. The second-order valence-electron chi connectivity index (χ2n) is 8.53. The number of aromatic nitrogens is 2. The summed E-state index contributed by atoms with van der Waals surface area (Å²) < 4.78 is 2.07. The molecule has 6 heteroatoms. The van der Waals surface area contributed by atoms with Gasteiger partial charge in [-0.2, -0.15) is 0 Å². The number of carbonyl (C=O) groups is 2. The molecule has 6 nitrogen and oxygen atoms in total. The van der Waals surface area contributed by atoms with Gasteiger partial charge in [-0.25, -0.2) is 4.98 Å². The zero-order valence-electron chi connectivity index (χ0n) is 18.5. The Hall–Kier alpha value is -3.93. The molecule has 0 spiro atoms. The van der Waals surface area contributed by atoms with Crippen LogP contribution in [-0.2, 0) is 11.2 Å². The Morgan fingerprint density at radius 1 is 1.00 bits per heavy atom. The summed E-state index contributed by atoms with van der Waals surface area (Å²) in [6, 6.07) is 24.8. The maximum Gasteiger partial charge on any atom is 0.252 e. The predicted molar refractivity (Wildman–Crippen MR) is 128 cm³/mol. The lowest BCUT2D eigenvalue weighted by atomic mass is 10.0. The molecule has 0 radical (unpaired) electrons. The number of carbonyl (C=O) groups excluding carboxylic acids is 2. The van der Waals surface area contributed by atoms with Crippen molar-refractivity contribution in [2.75, 3.05) is 0 Å². The number of fused-ring (bicyclic) bond motifs is 1. The van der Waals surface area contributed by atoms with Crippen LogP contribution in [0.4, 0.5) is 0 Å². The average molecular weight is 439 g/mol. The number of benzene rings is 3. The highest BCUT2D eigenvalue weighted by Crippen LogP contribution is 2.23. The van der Waals surface area contributed by atoms with Gasteiger partial charge in [-0.05, 0) is 55.7 Å². The van der Waals surface area contributed by atoms with Gasteiger partial charge in [-0.15, -0.1) is 0 Å². The molecule has 1 aliphatic carbocycles. The van der Waals surface area contributed by atoms with Crippen LogP contribution in [-0.4, -0.2) is 33.4 Å². The van der Waals surface area contributed by atoms with E-state index in [4.69, 9.17) is 0 Å². The highest BCUT2D eigenvalue weighted by atomic mass is 16.2. The number of hydrogen-bond donors (Lipinski definition) is 2. The van der Waals surface area contributed by atoms with E-state index in [1.807, 2.05) is 73.7 Å². The molecule has 1 aliphatic rings. The van der Waals surface area contributed by atoms with Crippen molar-refractivity contribution in [3.8, 4) is 5.69 Å². The van der Waals surface area contributed by atoms with Gasteiger partial charge in [-0.1, -0.05) is 48.5 Å². The third-order valence-electron chi connectivity index (χ3n) is 5.93. The van der Waals surface area contributed by atoms with Crippen molar-refractivity contribution >= 4 is 22.8 Å². The van der Waals surface area contributed by atoms with Gasteiger partial charge in [0, 0.05) is 23.7 Å². The molecule has 0 bridgehead atoms. The molecule has 2 N–H and O–H groups in total. The number of para-hydroxylation sites is 1. The minimum absolute atomic E-state index is 0.139. The van der Waals surface area contributed by atoms with E-state index in [0.717, 1.165) is 41.0 Å². The Kier molecular flexibility index (Phi) is 5.65. The van der Waals surface area contributed by atoms with E-state index >= 15 is 0 Å². The topological polar surface area (TPSA) is 76.0 Å². The van der Waals surface area contributed by atoms with Crippen molar-refractivity contribution in [2.24, 2.45) is 0 Å². The van der Waals surface area contributed by atoms with Gasteiger partial charge in [0.05, 0.1) is 11.0 Å². The third-order valence-corrected chi connectivity index (χ3v) is 5.93. The fourth-order valence-corrected chi connectivity index (χ4v) is 4.08. The molecule has 1 unspecified atom stereocenters. The van der Waals surface area contributed by atoms with E-state index < -0.39 is 6.04 Å². The van der Waals surface area contributed by atoms with Crippen LogP contribution in [0.15, 0.2) is 78.9 Å². The molecular weight excluding hydrogens is 412 g/mol. The molecule has 1 fully saturated rings. The van der Waals surface area contributed by atoms with Crippen molar-refractivity contribution < 1.29 is 9.59 Å². The number of nitrogens with one attached hydrogen (secondary N) is 2. The number of amides is 2. The molecule has 1 saturated carbocycles. The van der Waals surface area contributed by atoms with Gasteiger partial charge in [0.25, 0.3) is 5.91 Å². The fraction of sp³-hybridized carbons (Fsp3) is 0.222. The highest BCUT2D eigenvalue weighted by Gasteiger charge is 2.29. The van der Waals surface area contributed by atoms with Gasteiger partial charge in [0.1, 0.15) is 11.9 Å². The van der Waals surface area contributed by atoms with E-state index in [2.05, 4.69) is 20.2 Å². The number of nitrogens with zero attached hydrogens (tertiary/aromatic N) is 2. The maximum absolute atomic E-state index is 13.1. The highest BCUT2D eigenvalue weighted by molar-refractivity contribution is 6.00. The van der Waals surface area contributed by atoms with Gasteiger partial charge in [-0.3, -0.25) is 14.2 Å². The monoisotopic (exact) mass is 438 g/mol. The zero-order valence-corrected chi connectivity index (χ0v) is 18.5. The molecule has 1 aromatic heterocycles. The molecule has 5 rings (SSSR count). The quantitative estimate of drug-likeness (QED) is 0.459. The van der Waals surface area contributed by atoms with Gasteiger partial charge >= 0.3 is 0 Å². The average Bonchev–Trinajstić information content (AvgIpc) is 3.58. The van der Waals surface area contributed by atoms with Crippen LogP contribution in [0.5, 0.6) is 0 Å².